The molecular weight excluding hydrogens is 271 g/mol. The van der Waals surface area contributed by atoms with Gasteiger partial charge in [0.05, 0.1) is 5.56 Å². The van der Waals surface area contributed by atoms with Gasteiger partial charge in [0.1, 0.15) is 0 Å². The lowest BCUT2D eigenvalue weighted by Gasteiger charge is -2.23. The van der Waals surface area contributed by atoms with Crippen LogP contribution in [0, 0.1) is 5.41 Å². The summed E-state index contributed by atoms with van der Waals surface area (Å²) < 4.78 is 37.6. The summed E-state index contributed by atoms with van der Waals surface area (Å²) >= 11 is 0. The number of aliphatic hydroxyl groups excluding tert-OH is 1. The minimum atomic E-state index is -4.47. The monoisotopic (exact) mass is 289 g/mol. The van der Waals surface area contributed by atoms with Gasteiger partial charge in [-0.05, 0) is 30.0 Å². The zero-order valence-corrected chi connectivity index (χ0v) is 11.4. The van der Waals surface area contributed by atoms with E-state index in [0.717, 1.165) is 12.1 Å². The fraction of sp³-hybridized carbons (Fsp3) is 0.500. The van der Waals surface area contributed by atoms with Crippen molar-refractivity contribution < 1.29 is 23.1 Å². The van der Waals surface area contributed by atoms with Gasteiger partial charge in [0, 0.05) is 18.7 Å². The Kier molecular flexibility index (Phi) is 5.16. The van der Waals surface area contributed by atoms with Crippen molar-refractivity contribution in [3.8, 4) is 0 Å². The third-order valence-electron chi connectivity index (χ3n) is 2.97. The van der Waals surface area contributed by atoms with Crippen LogP contribution in [-0.2, 0) is 6.18 Å². The Hall–Kier alpha value is -1.56. The molecule has 112 valence electrons. The van der Waals surface area contributed by atoms with Gasteiger partial charge < -0.3 is 10.4 Å². The molecule has 0 fully saturated rings. The molecule has 1 aromatic rings. The second kappa shape index (κ2) is 6.26. The molecule has 2 N–H and O–H groups in total. The number of hydrogen-bond donors (Lipinski definition) is 2. The van der Waals surface area contributed by atoms with E-state index >= 15 is 0 Å². The highest BCUT2D eigenvalue weighted by molar-refractivity contribution is 5.94. The maximum Gasteiger partial charge on any atom is 0.416 e. The molecule has 1 aromatic carbocycles. The zero-order valence-electron chi connectivity index (χ0n) is 11.4. The molecule has 0 unspecified atom stereocenters. The molecule has 1 rings (SSSR count). The van der Waals surface area contributed by atoms with Gasteiger partial charge >= 0.3 is 6.18 Å². The van der Waals surface area contributed by atoms with Crippen molar-refractivity contribution in [1.82, 2.24) is 5.32 Å². The van der Waals surface area contributed by atoms with Crippen molar-refractivity contribution in [3.05, 3.63) is 35.4 Å². The molecule has 3 nitrogen and oxygen atoms in total. The van der Waals surface area contributed by atoms with Crippen LogP contribution in [0.1, 0.15) is 36.2 Å². The lowest BCUT2D eigenvalue weighted by Crippen LogP contribution is -2.34. The van der Waals surface area contributed by atoms with Gasteiger partial charge in [-0.3, -0.25) is 4.79 Å². The van der Waals surface area contributed by atoms with E-state index in [1.54, 1.807) is 0 Å². The van der Waals surface area contributed by atoms with E-state index in [-0.39, 0.29) is 24.1 Å². The second-order valence-corrected chi connectivity index (χ2v) is 5.40. The minimum absolute atomic E-state index is 0.00751. The summed E-state index contributed by atoms with van der Waals surface area (Å²) in [6, 6.07) is 4.29. The molecule has 6 heteroatoms. The van der Waals surface area contributed by atoms with Crippen molar-refractivity contribution in [1.29, 1.82) is 0 Å². The minimum Gasteiger partial charge on any atom is -0.396 e. The largest absolute Gasteiger partial charge is 0.416 e. The van der Waals surface area contributed by atoms with Gasteiger partial charge in [0.25, 0.3) is 5.91 Å². The van der Waals surface area contributed by atoms with Crippen molar-refractivity contribution in [3.63, 3.8) is 0 Å². The van der Waals surface area contributed by atoms with Crippen LogP contribution in [0.25, 0.3) is 0 Å². The standard InChI is InChI=1S/C14H18F3NO2/c1-13(2,6-7-19)9-18-12(20)10-4-3-5-11(8-10)14(15,16)17/h3-5,8,19H,6-7,9H2,1-2H3,(H,18,20). The van der Waals surface area contributed by atoms with E-state index in [9.17, 15) is 18.0 Å². The smallest absolute Gasteiger partial charge is 0.396 e. The lowest BCUT2D eigenvalue weighted by molar-refractivity contribution is -0.137. The van der Waals surface area contributed by atoms with E-state index in [2.05, 4.69) is 5.32 Å². The van der Waals surface area contributed by atoms with Crippen LogP contribution >= 0.6 is 0 Å². The van der Waals surface area contributed by atoms with Crippen LogP contribution in [0.3, 0.4) is 0 Å². The number of rotatable bonds is 5. The van der Waals surface area contributed by atoms with Crippen LogP contribution in [0.2, 0.25) is 0 Å². The summed E-state index contributed by atoms with van der Waals surface area (Å²) in [7, 11) is 0. The molecule has 0 aliphatic carbocycles. The molecule has 0 aliphatic heterocycles. The Bertz CT molecular complexity index is 470. The molecule has 0 saturated carbocycles. The Morgan fingerprint density at radius 2 is 1.95 bits per heavy atom. The summed E-state index contributed by atoms with van der Waals surface area (Å²) in [5, 5.41) is 11.5. The fourth-order valence-corrected chi connectivity index (χ4v) is 1.65. The first-order valence-corrected chi connectivity index (χ1v) is 6.22. The first-order valence-electron chi connectivity index (χ1n) is 6.22. The average molecular weight is 289 g/mol. The highest BCUT2D eigenvalue weighted by Gasteiger charge is 2.31. The number of amides is 1. The van der Waals surface area contributed by atoms with E-state index in [4.69, 9.17) is 5.11 Å². The third-order valence-corrected chi connectivity index (χ3v) is 2.97. The first kappa shape index (κ1) is 16.5. The quantitative estimate of drug-likeness (QED) is 0.875. The number of halogens is 3. The van der Waals surface area contributed by atoms with Crippen LogP contribution in [-0.4, -0.2) is 24.2 Å². The number of nitrogens with one attached hydrogen (secondary N) is 1. The topological polar surface area (TPSA) is 49.3 Å². The highest BCUT2D eigenvalue weighted by atomic mass is 19.4. The molecule has 0 bridgehead atoms. The lowest BCUT2D eigenvalue weighted by atomic mass is 9.89. The third kappa shape index (κ3) is 4.85. The van der Waals surface area contributed by atoms with Gasteiger partial charge in [-0.25, -0.2) is 0 Å². The molecule has 1 amide bonds. The molecular formula is C14H18F3NO2. The van der Waals surface area contributed by atoms with Crippen LogP contribution in [0.5, 0.6) is 0 Å². The van der Waals surface area contributed by atoms with Crippen molar-refractivity contribution in [2.45, 2.75) is 26.4 Å². The molecule has 0 spiro atoms. The Morgan fingerprint density at radius 1 is 1.30 bits per heavy atom. The SMILES string of the molecule is CC(C)(CCO)CNC(=O)c1cccc(C(F)(F)F)c1. The highest BCUT2D eigenvalue weighted by Crippen LogP contribution is 2.29. The average Bonchev–Trinajstić information content (AvgIpc) is 2.35. The van der Waals surface area contributed by atoms with Crippen molar-refractivity contribution in [2.24, 2.45) is 5.41 Å². The fourth-order valence-electron chi connectivity index (χ4n) is 1.65. The van der Waals surface area contributed by atoms with Gasteiger partial charge in [0.2, 0.25) is 0 Å². The van der Waals surface area contributed by atoms with Crippen molar-refractivity contribution in [2.75, 3.05) is 13.2 Å². The summed E-state index contributed by atoms with van der Waals surface area (Å²) in [4.78, 5) is 11.8. The van der Waals surface area contributed by atoms with Crippen LogP contribution < -0.4 is 5.32 Å². The molecule has 0 aliphatic rings. The number of carbonyl (C=O) groups excluding carboxylic acids is 1. The van der Waals surface area contributed by atoms with E-state index in [1.807, 2.05) is 13.8 Å². The summed E-state index contributed by atoms with van der Waals surface area (Å²) in [6.45, 7) is 3.99. The van der Waals surface area contributed by atoms with Gasteiger partial charge in [0.15, 0.2) is 0 Å². The maximum absolute atomic E-state index is 12.5. The zero-order chi connectivity index (χ0) is 15.4. The van der Waals surface area contributed by atoms with Gasteiger partial charge in [-0.2, -0.15) is 13.2 Å². The van der Waals surface area contributed by atoms with Gasteiger partial charge in [-0.1, -0.05) is 19.9 Å². The number of hydrogen-bond acceptors (Lipinski definition) is 2. The Labute approximate surface area is 115 Å². The molecule has 0 heterocycles. The van der Waals surface area contributed by atoms with Crippen molar-refractivity contribution >= 4 is 5.91 Å². The normalized spacial score (nSPS) is 12.3. The summed E-state index contributed by atoms with van der Waals surface area (Å²) in [6.07, 6.45) is -3.97. The number of carbonyl (C=O) groups is 1. The first-order chi connectivity index (χ1) is 9.15. The Balaban J connectivity index is 2.74. The summed E-state index contributed by atoms with van der Waals surface area (Å²) in [5.41, 5.74) is -1.19. The van der Waals surface area contributed by atoms with E-state index < -0.39 is 17.6 Å². The Morgan fingerprint density at radius 3 is 2.50 bits per heavy atom. The molecule has 0 aromatic heterocycles. The molecule has 0 radical (unpaired) electrons. The number of aliphatic hydroxyl groups is 1. The molecule has 0 atom stereocenters. The predicted molar refractivity (Wildman–Crippen MR) is 69.3 cm³/mol. The molecule has 0 saturated heterocycles. The van der Waals surface area contributed by atoms with Crippen LogP contribution in [0.15, 0.2) is 24.3 Å². The number of alkyl halides is 3. The predicted octanol–water partition coefficient (Wildman–Crippen LogP) is 2.84. The van der Waals surface area contributed by atoms with E-state index in [0.29, 0.717) is 6.42 Å². The second-order valence-electron chi connectivity index (χ2n) is 5.40. The van der Waals surface area contributed by atoms with E-state index in [1.165, 1.54) is 12.1 Å². The number of benzene rings is 1. The van der Waals surface area contributed by atoms with Crippen LogP contribution in [0.4, 0.5) is 13.2 Å². The van der Waals surface area contributed by atoms with Gasteiger partial charge in [-0.15, -0.1) is 0 Å². The summed E-state index contributed by atoms with van der Waals surface area (Å²) in [5.74, 6) is -0.554. The maximum atomic E-state index is 12.5. The molecule has 20 heavy (non-hydrogen) atoms.